The van der Waals surface area contributed by atoms with Gasteiger partial charge in [-0.3, -0.25) is 9.69 Å². The summed E-state index contributed by atoms with van der Waals surface area (Å²) in [5, 5.41) is 0. The summed E-state index contributed by atoms with van der Waals surface area (Å²) in [5.41, 5.74) is 3.15. The van der Waals surface area contributed by atoms with Gasteiger partial charge in [-0.15, -0.1) is 0 Å². The molecule has 30 heavy (non-hydrogen) atoms. The van der Waals surface area contributed by atoms with Crippen LogP contribution in [0.15, 0.2) is 51.8 Å². The Kier molecular flexibility index (Phi) is 6.93. The molecule has 0 unspecified atom stereocenters. The molecule has 2 aliphatic rings. The van der Waals surface area contributed by atoms with Gasteiger partial charge in [0.05, 0.1) is 17.6 Å². The highest BCUT2D eigenvalue weighted by Crippen LogP contribution is 2.36. The first-order valence-corrected chi connectivity index (χ1v) is 11.9. The van der Waals surface area contributed by atoms with Crippen molar-refractivity contribution in [3.8, 4) is 5.75 Å². The first-order chi connectivity index (χ1) is 14.5. The number of thiocarbonyl (C=S) groups is 1. The van der Waals surface area contributed by atoms with Crippen molar-refractivity contribution in [2.75, 3.05) is 13.2 Å². The van der Waals surface area contributed by atoms with Gasteiger partial charge in [0.1, 0.15) is 16.7 Å². The van der Waals surface area contributed by atoms with Crippen molar-refractivity contribution in [3.05, 3.63) is 68.5 Å². The molecule has 0 N–H and O–H groups in total. The molecule has 2 fully saturated rings. The van der Waals surface area contributed by atoms with Crippen LogP contribution in [0.25, 0.3) is 6.08 Å². The highest BCUT2D eigenvalue weighted by atomic mass is 79.9. The summed E-state index contributed by atoms with van der Waals surface area (Å²) in [6.07, 6.45) is 3.95. The number of amides is 1. The smallest absolute Gasteiger partial charge is 0.266 e. The molecule has 0 aliphatic carbocycles. The van der Waals surface area contributed by atoms with Crippen molar-refractivity contribution in [1.29, 1.82) is 0 Å². The zero-order chi connectivity index (χ0) is 21.1. The third-order valence-electron chi connectivity index (χ3n) is 5.06. The van der Waals surface area contributed by atoms with Gasteiger partial charge in [0.2, 0.25) is 0 Å². The lowest BCUT2D eigenvalue weighted by Crippen LogP contribution is -2.35. The molecule has 1 amide bonds. The topological polar surface area (TPSA) is 38.8 Å². The number of ether oxygens (including phenoxy) is 2. The summed E-state index contributed by atoms with van der Waals surface area (Å²) >= 11 is 10.3. The second kappa shape index (κ2) is 9.64. The van der Waals surface area contributed by atoms with Gasteiger partial charge in [0.25, 0.3) is 5.91 Å². The van der Waals surface area contributed by atoms with Crippen LogP contribution >= 0.6 is 39.9 Å². The Labute approximate surface area is 194 Å². The maximum atomic E-state index is 13.0. The fourth-order valence-electron chi connectivity index (χ4n) is 3.40. The van der Waals surface area contributed by atoms with Crippen LogP contribution in [-0.2, 0) is 16.1 Å². The van der Waals surface area contributed by atoms with E-state index >= 15 is 0 Å². The SMILES string of the molecule is Cc1ccc(COc2ccc(Br)cc2/C=C2\SC(=S)N(C[C@@H]3CCCO3)C2=O)cc1. The third-order valence-corrected chi connectivity index (χ3v) is 6.93. The number of thioether (sulfide) groups is 1. The minimum Gasteiger partial charge on any atom is -0.488 e. The van der Waals surface area contributed by atoms with Gasteiger partial charge in [-0.25, -0.2) is 0 Å². The maximum absolute atomic E-state index is 13.0. The monoisotopic (exact) mass is 503 g/mol. The van der Waals surface area contributed by atoms with Crippen LogP contribution in [0.1, 0.15) is 29.5 Å². The van der Waals surface area contributed by atoms with E-state index in [0.717, 1.165) is 40.8 Å². The predicted molar refractivity (Wildman–Crippen MR) is 129 cm³/mol. The molecule has 4 rings (SSSR count). The van der Waals surface area contributed by atoms with Crippen LogP contribution in [0.4, 0.5) is 0 Å². The van der Waals surface area contributed by atoms with Crippen molar-refractivity contribution >= 4 is 56.2 Å². The van der Waals surface area contributed by atoms with Gasteiger partial charge in [0.15, 0.2) is 0 Å². The van der Waals surface area contributed by atoms with Gasteiger partial charge in [0, 0.05) is 16.6 Å². The van der Waals surface area contributed by atoms with Gasteiger partial charge in [-0.05, 0) is 49.6 Å². The van der Waals surface area contributed by atoms with Gasteiger partial charge < -0.3 is 9.47 Å². The molecule has 2 aromatic carbocycles. The Bertz CT molecular complexity index is 984. The molecular formula is C23H22BrNO3S2. The molecule has 156 valence electrons. The quantitative estimate of drug-likeness (QED) is 0.372. The normalized spacial score (nSPS) is 20.4. The van der Waals surface area contributed by atoms with Crippen molar-refractivity contribution < 1.29 is 14.3 Å². The summed E-state index contributed by atoms with van der Waals surface area (Å²) in [7, 11) is 0. The average molecular weight is 504 g/mol. The van der Waals surface area contributed by atoms with Crippen LogP contribution in [0.5, 0.6) is 5.75 Å². The number of aryl methyl sites for hydroxylation is 1. The Morgan fingerprint density at radius 1 is 1.30 bits per heavy atom. The molecule has 2 saturated heterocycles. The lowest BCUT2D eigenvalue weighted by atomic mass is 10.1. The minimum atomic E-state index is -0.0649. The molecule has 2 heterocycles. The number of rotatable bonds is 6. The molecule has 0 saturated carbocycles. The minimum absolute atomic E-state index is 0.0649. The van der Waals surface area contributed by atoms with E-state index in [0.29, 0.717) is 22.4 Å². The maximum Gasteiger partial charge on any atom is 0.266 e. The molecule has 2 aromatic rings. The zero-order valence-electron chi connectivity index (χ0n) is 16.6. The molecule has 0 aromatic heterocycles. The Morgan fingerprint density at radius 2 is 2.10 bits per heavy atom. The van der Waals surface area contributed by atoms with E-state index < -0.39 is 0 Å². The van der Waals surface area contributed by atoms with Gasteiger partial charge >= 0.3 is 0 Å². The number of hydrogen-bond acceptors (Lipinski definition) is 5. The molecule has 0 radical (unpaired) electrons. The Hall–Kier alpha value is -1.67. The standard InChI is InChI=1S/C23H22BrNO3S2/c1-15-4-6-16(7-5-15)14-28-20-9-8-18(24)11-17(20)12-21-22(26)25(23(29)30-21)13-19-3-2-10-27-19/h4-9,11-12,19H,2-3,10,13-14H2,1H3/b21-12-/t19-/m0/s1. The number of hydrogen-bond donors (Lipinski definition) is 0. The third kappa shape index (κ3) is 5.14. The number of nitrogens with zero attached hydrogens (tertiary/aromatic N) is 1. The summed E-state index contributed by atoms with van der Waals surface area (Å²) < 4.78 is 13.3. The molecule has 0 spiro atoms. The van der Waals surface area contributed by atoms with Crippen molar-refractivity contribution in [2.24, 2.45) is 0 Å². The average Bonchev–Trinajstić information content (AvgIpc) is 3.33. The highest BCUT2D eigenvalue weighted by Gasteiger charge is 2.34. The highest BCUT2D eigenvalue weighted by molar-refractivity contribution is 9.10. The number of carbonyl (C=O) groups is 1. The zero-order valence-corrected chi connectivity index (χ0v) is 19.8. The van der Waals surface area contributed by atoms with E-state index in [1.807, 2.05) is 24.3 Å². The summed E-state index contributed by atoms with van der Waals surface area (Å²) in [4.78, 5) is 15.2. The fraction of sp³-hybridized carbons (Fsp3) is 0.304. The summed E-state index contributed by atoms with van der Waals surface area (Å²) in [6, 6.07) is 14.1. The molecule has 4 nitrogen and oxygen atoms in total. The second-order valence-electron chi connectivity index (χ2n) is 7.38. The lowest BCUT2D eigenvalue weighted by molar-refractivity contribution is -0.123. The molecular weight excluding hydrogens is 482 g/mol. The van der Waals surface area contributed by atoms with E-state index in [4.69, 9.17) is 21.7 Å². The van der Waals surface area contributed by atoms with Crippen LogP contribution in [0, 0.1) is 6.92 Å². The van der Waals surface area contributed by atoms with E-state index in [9.17, 15) is 4.79 Å². The van der Waals surface area contributed by atoms with Crippen molar-refractivity contribution in [1.82, 2.24) is 4.90 Å². The van der Waals surface area contributed by atoms with E-state index in [1.54, 1.807) is 4.90 Å². The fourth-order valence-corrected chi connectivity index (χ4v) is 5.04. The number of carbonyl (C=O) groups excluding carboxylic acids is 1. The van der Waals surface area contributed by atoms with E-state index in [-0.39, 0.29) is 12.0 Å². The van der Waals surface area contributed by atoms with Crippen LogP contribution in [0.3, 0.4) is 0 Å². The van der Waals surface area contributed by atoms with Gasteiger partial charge in [-0.2, -0.15) is 0 Å². The van der Waals surface area contributed by atoms with Crippen LogP contribution < -0.4 is 4.74 Å². The van der Waals surface area contributed by atoms with Crippen LogP contribution in [0.2, 0.25) is 0 Å². The number of benzene rings is 2. The first-order valence-electron chi connectivity index (χ1n) is 9.84. The van der Waals surface area contributed by atoms with Crippen molar-refractivity contribution in [3.63, 3.8) is 0 Å². The van der Waals surface area contributed by atoms with E-state index in [2.05, 4.69) is 47.1 Å². The molecule has 2 aliphatic heterocycles. The Balaban J connectivity index is 1.52. The second-order valence-corrected chi connectivity index (χ2v) is 9.98. The van der Waals surface area contributed by atoms with E-state index in [1.165, 1.54) is 17.3 Å². The lowest BCUT2D eigenvalue weighted by Gasteiger charge is -2.18. The largest absolute Gasteiger partial charge is 0.488 e. The molecule has 0 bridgehead atoms. The van der Waals surface area contributed by atoms with Gasteiger partial charge in [-0.1, -0.05) is 69.7 Å². The Morgan fingerprint density at radius 3 is 2.83 bits per heavy atom. The summed E-state index contributed by atoms with van der Waals surface area (Å²) in [5.74, 6) is 0.660. The van der Waals surface area contributed by atoms with Crippen LogP contribution in [-0.4, -0.2) is 34.4 Å². The first kappa shape index (κ1) is 21.6. The van der Waals surface area contributed by atoms with Crippen molar-refractivity contribution in [2.45, 2.75) is 32.5 Å². The molecule has 7 heteroatoms. The number of halogens is 1. The predicted octanol–water partition coefficient (Wildman–Crippen LogP) is 5.72. The molecule has 1 atom stereocenters. The summed E-state index contributed by atoms with van der Waals surface area (Å²) in [6.45, 7) is 3.81.